The van der Waals surface area contributed by atoms with Crippen LogP contribution in [0.3, 0.4) is 0 Å². The topological polar surface area (TPSA) is 95.1 Å². The number of carbonyl (C=O) groups is 1. The predicted molar refractivity (Wildman–Crippen MR) is 106 cm³/mol. The Labute approximate surface area is 168 Å². The molecule has 5 rings (SSSR count). The van der Waals surface area contributed by atoms with E-state index in [4.69, 9.17) is 9.26 Å². The summed E-state index contributed by atoms with van der Waals surface area (Å²) in [7, 11) is 0. The van der Waals surface area contributed by atoms with Crippen LogP contribution in [0.5, 0.6) is 0 Å². The summed E-state index contributed by atoms with van der Waals surface area (Å²) in [5.41, 5.74) is 3.00. The van der Waals surface area contributed by atoms with Crippen LogP contribution in [0.25, 0.3) is 11.2 Å². The molecule has 2 aliphatic rings. The predicted octanol–water partition coefficient (Wildman–Crippen LogP) is 2.83. The number of imidazole rings is 1. The number of fused-ring (bicyclic) bond motifs is 1. The average Bonchev–Trinajstić information content (AvgIpc) is 3.49. The summed E-state index contributed by atoms with van der Waals surface area (Å²) in [5.74, 6) is 0.825. The van der Waals surface area contributed by atoms with Gasteiger partial charge in [0.1, 0.15) is 11.3 Å². The van der Waals surface area contributed by atoms with E-state index in [2.05, 4.69) is 25.0 Å². The van der Waals surface area contributed by atoms with Crippen molar-refractivity contribution in [3.05, 3.63) is 41.7 Å². The zero-order valence-corrected chi connectivity index (χ0v) is 16.5. The van der Waals surface area contributed by atoms with Gasteiger partial charge in [0.15, 0.2) is 5.65 Å². The molecule has 8 nitrogen and oxygen atoms in total. The molecule has 1 aliphatic heterocycles. The molecule has 1 N–H and O–H groups in total. The first-order valence-electron chi connectivity index (χ1n) is 10.3. The first-order valence-corrected chi connectivity index (χ1v) is 10.3. The molecule has 1 saturated heterocycles. The number of ether oxygens (including phenoxy) is 1. The molecule has 2 fully saturated rings. The van der Waals surface area contributed by atoms with Gasteiger partial charge in [0.25, 0.3) is 5.91 Å². The van der Waals surface area contributed by atoms with Crippen LogP contribution in [0.1, 0.15) is 53.5 Å². The fourth-order valence-electron chi connectivity index (χ4n) is 4.47. The Hall–Kier alpha value is -2.74. The summed E-state index contributed by atoms with van der Waals surface area (Å²) in [5, 5.41) is 7.03. The van der Waals surface area contributed by atoms with E-state index in [9.17, 15) is 4.79 Å². The summed E-state index contributed by atoms with van der Waals surface area (Å²) >= 11 is 0. The fraction of sp³-hybridized carbons (Fsp3) is 0.524. The summed E-state index contributed by atoms with van der Waals surface area (Å²) in [6, 6.07) is 4.16. The minimum Gasteiger partial charge on any atom is -0.379 e. The normalized spacial score (nSPS) is 22.5. The number of amides is 1. The largest absolute Gasteiger partial charge is 0.379 e. The van der Waals surface area contributed by atoms with E-state index in [1.54, 1.807) is 6.20 Å². The molecule has 0 unspecified atom stereocenters. The number of nitrogens with one attached hydrogen (secondary N) is 1. The highest BCUT2D eigenvalue weighted by Gasteiger charge is 2.31. The Balaban J connectivity index is 1.29. The van der Waals surface area contributed by atoms with E-state index in [1.165, 1.54) is 25.7 Å². The second kappa shape index (κ2) is 7.59. The van der Waals surface area contributed by atoms with Crippen molar-refractivity contribution in [3.8, 4) is 0 Å². The van der Waals surface area contributed by atoms with E-state index in [0.29, 0.717) is 31.2 Å². The molecule has 1 aliphatic carbocycles. The molecule has 1 amide bonds. The highest BCUT2D eigenvalue weighted by Crippen LogP contribution is 2.31. The van der Waals surface area contributed by atoms with Crippen molar-refractivity contribution in [2.24, 2.45) is 5.92 Å². The highest BCUT2D eigenvalue weighted by molar-refractivity contribution is 5.96. The van der Waals surface area contributed by atoms with Gasteiger partial charge in [-0.3, -0.25) is 4.79 Å². The third kappa shape index (κ3) is 3.64. The lowest BCUT2D eigenvalue weighted by molar-refractivity contribution is 0.0924. The van der Waals surface area contributed by atoms with E-state index < -0.39 is 0 Å². The number of hydrogen-bond acceptors (Lipinski definition) is 6. The minimum absolute atomic E-state index is 0.0698. The van der Waals surface area contributed by atoms with Crippen LogP contribution in [0.4, 0.5) is 0 Å². The fourth-order valence-corrected chi connectivity index (χ4v) is 4.47. The minimum atomic E-state index is -0.149. The molecule has 0 aromatic carbocycles. The maximum Gasteiger partial charge on any atom is 0.253 e. The quantitative estimate of drug-likeness (QED) is 0.714. The third-order valence-corrected chi connectivity index (χ3v) is 6.05. The Bertz CT molecular complexity index is 1020. The van der Waals surface area contributed by atoms with Gasteiger partial charge in [-0.05, 0) is 25.8 Å². The Morgan fingerprint density at radius 2 is 2.10 bits per heavy atom. The lowest BCUT2D eigenvalue weighted by Crippen LogP contribution is -2.40. The third-order valence-electron chi connectivity index (χ3n) is 6.05. The molecule has 3 aromatic heterocycles. The van der Waals surface area contributed by atoms with Crippen molar-refractivity contribution in [1.82, 2.24) is 25.0 Å². The molecule has 4 heterocycles. The molecular weight excluding hydrogens is 370 g/mol. The van der Waals surface area contributed by atoms with Gasteiger partial charge in [0, 0.05) is 30.6 Å². The molecule has 2 atom stereocenters. The maximum absolute atomic E-state index is 12.8. The Morgan fingerprint density at radius 3 is 2.90 bits per heavy atom. The van der Waals surface area contributed by atoms with Crippen molar-refractivity contribution in [1.29, 1.82) is 0 Å². The molecule has 8 heteroatoms. The van der Waals surface area contributed by atoms with Crippen LogP contribution in [-0.2, 0) is 11.2 Å². The molecule has 3 aromatic rings. The van der Waals surface area contributed by atoms with Gasteiger partial charge < -0.3 is 19.1 Å². The summed E-state index contributed by atoms with van der Waals surface area (Å²) < 4.78 is 13.1. The number of rotatable bonds is 5. The lowest BCUT2D eigenvalue weighted by atomic mass is 9.98. The van der Waals surface area contributed by atoms with Gasteiger partial charge in [-0.25, -0.2) is 9.97 Å². The highest BCUT2D eigenvalue weighted by atomic mass is 16.5. The van der Waals surface area contributed by atoms with Gasteiger partial charge >= 0.3 is 0 Å². The number of pyridine rings is 1. The molecule has 0 spiro atoms. The Morgan fingerprint density at radius 1 is 1.24 bits per heavy atom. The standard InChI is InChI=1S/C21H25N5O3/c1-13-6-17(29-25-13)7-15-10-28-11-19(15)24-21(27)14-8-18-20(22-9-14)26(12-23-18)16-4-2-3-5-16/h6,8-9,12,15-16,19H,2-5,7,10-11H2,1H3,(H,24,27)/t15-,19+/m1/s1. The average molecular weight is 395 g/mol. The van der Waals surface area contributed by atoms with Crippen LogP contribution in [0.15, 0.2) is 29.2 Å². The maximum atomic E-state index is 12.8. The zero-order chi connectivity index (χ0) is 19.8. The van der Waals surface area contributed by atoms with E-state index in [1.807, 2.05) is 25.4 Å². The van der Waals surface area contributed by atoms with Crippen LogP contribution in [-0.4, -0.2) is 44.9 Å². The van der Waals surface area contributed by atoms with Crippen LogP contribution >= 0.6 is 0 Å². The molecular formula is C21H25N5O3. The second-order valence-electron chi connectivity index (χ2n) is 8.17. The molecule has 0 radical (unpaired) electrons. The van der Waals surface area contributed by atoms with Gasteiger partial charge in [0.05, 0.1) is 36.8 Å². The SMILES string of the molecule is Cc1cc(C[C@@H]2COC[C@@H]2NC(=O)c2cnc3c(c2)ncn3C2CCCC2)on1. The van der Waals surface area contributed by atoms with Gasteiger partial charge in [-0.1, -0.05) is 18.0 Å². The summed E-state index contributed by atoms with van der Waals surface area (Å²) in [4.78, 5) is 21.9. The van der Waals surface area contributed by atoms with Crippen molar-refractivity contribution < 1.29 is 14.1 Å². The van der Waals surface area contributed by atoms with Gasteiger partial charge in [-0.15, -0.1) is 0 Å². The number of carbonyl (C=O) groups excluding carboxylic acids is 1. The summed E-state index contributed by atoms with van der Waals surface area (Å²) in [6.45, 7) is 2.98. The first-order chi connectivity index (χ1) is 14.2. The zero-order valence-electron chi connectivity index (χ0n) is 16.5. The van der Waals surface area contributed by atoms with Crippen molar-refractivity contribution in [2.75, 3.05) is 13.2 Å². The number of nitrogens with zero attached hydrogens (tertiary/aromatic N) is 4. The van der Waals surface area contributed by atoms with Crippen LogP contribution in [0.2, 0.25) is 0 Å². The van der Waals surface area contributed by atoms with Crippen molar-refractivity contribution >= 4 is 17.1 Å². The first kappa shape index (κ1) is 18.3. The number of aromatic nitrogens is 4. The molecule has 0 bridgehead atoms. The Kier molecular flexibility index (Phi) is 4.79. The molecule has 29 heavy (non-hydrogen) atoms. The van der Waals surface area contributed by atoms with E-state index >= 15 is 0 Å². The van der Waals surface area contributed by atoms with Crippen LogP contribution < -0.4 is 5.32 Å². The molecule has 1 saturated carbocycles. The summed E-state index contributed by atoms with van der Waals surface area (Å²) in [6.07, 6.45) is 9.04. The van der Waals surface area contributed by atoms with Crippen molar-refractivity contribution in [3.63, 3.8) is 0 Å². The number of hydrogen-bond donors (Lipinski definition) is 1. The second-order valence-corrected chi connectivity index (χ2v) is 8.17. The molecule has 152 valence electrons. The van der Waals surface area contributed by atoms with E-state index in [-0.39, 0.29) is 17.9 Å². The van der Waals surface area contributed by atoms with Crippen molar-refractivity contribution in [2.45, 2.75) is 51.1 Å². The van der Waals surface area contributed by atoms with Gasteiger partial charge in [0.2, 0.25) is 0 Å². The lowest BCUT2D eigenvalue weighted by Gasteiger charge is -2.18. The number of aryl methyl sites for hydroxylation is 1. The van der Waals surface area contributed by atoms with E-state index in [0.717, 1.165) is 22.6 Å². The van der Waals surface area contributed by atoms with Gasteiger partial charge in [-0.2, -0.15) is 0 Å². The van der Waals surface area contributed by atoms with Crippen LogP contribution in [0, 0.1) is 12.8 Å². The smallest absolute Gasteiger partial charge is 0.253 e. The monoisotopic (exact) mass is 395 g/mol.